The molecule has 0 aliphatic heterocycles. The quantitative estimate of drug-likeness (QED) is 0.817. The third kappa shape index (κ3) is 3.40. The molecule has 2 unspecified atom stereocenters. The number of ether oxygens (including phenoxy) is 2. The van der Waals surface area contributed by atoms with E-state index in [2.05, 4.69) is 15.9 Å². The maximum absolute atomic E-state index is 10.6. The van der Waals surface area contributed by atoms with E-state index in [0.717, 1.165) is 14.9 Å². The van der Waals surface area contributed by atoms with Crippen LogP contribution in [0.3, 0.4) is 0 Å². The van der Waals surface area contributed by atoms with Crippen molar-refractivity contribution in [2.45, 2.75) is 12.0 Å². The van der Waals surface area contributed by atoms with Gasteiger partial charge in [-0.2, -0.15) is 0 Å². The number of halogens is 1. The highest BCUT2D eigenvalue weighted by Crippen LogP contribution is 2.39. The Balaban J connectivity index is 2.35. The van der Waals surface area contributed by atoms with Crippen molar-refractivity contribution in [2.75, 3.05) is 20.8 Å². The Morgan fingerprint density at radius 1 is 1.24 bits per heavy atom. The Kier molecular flexibility index (Phi) is 5.64. The van der Waals surface area contributed by atoms with E-state index in [9.17, 15) is 5.11 Å². The number of methoxy groups -OCH3 is 2. The highest BCUT2D eigenvalue weighted by atomic mass is 79.9. The SMILES string of the molecule is COc1ccc(C(CN)C(O)c2sccc2Br)cc1OC. The zero-order chi connectivity index (χ0) is 15.4. The number of hydrogen-bond acceptors (Lipinski definition) is 5. The molecule has 2 atom stereocenters. The van der Waals surface area contributed by atoms with Crippen LogP contribution in [-0.4, -0.2) is 25.9 Å². The van der Waals surface area contributed by atoms with E-state index in [0.29, 0.717) is 18.0 Å². The second-order valence-corrected chi connectivity index (χ2v) is 6.34. The molecule has 0 saturated carbocycles. The molecule has 4 nitrogen and oxygen atoms in total. The minimum absolute atomic E-state index is 0.209. The molecule has 0 bridgehead atoms. The predicted octanol–water partition coefficient (Wildman–Crippen LogP) is 3.30. The van der Waals surface area contributed by atoms with Crippen LogP contribution >= 0.6 is 27.3 Å². The van der Waals surface area contributed by atoms with Crippen LogP contribution in [0.15, 0.2) is 34.1 Å². The molecule has 1 heterocycles. The predicted molar refractivity (Wildman–Crippen MR) is 88.3 cm³/mol. The van der Waals surface area contributed by atoms with Crippen molar-refractivity contribution in [3.05, 3.63) is 44.6 Å². The van der Waals surface area contributed by atoms with Crippen LogP contribution < -0.4 is 15.2 Å². The summed E-state index contributed by atoms with van der Waals surface area (Å²) in [5.74, 6) is 1.08. The van der Waals surface area contributed by atoms with Gasteiger partial charge >= 0.3 is 0 Å². The summed E-state index contributed by atoms with van der Waals surface area (Å²) in [5, 5.41) is 12.6. The van der Waals surface area contributed by atoms with Crippen molar-refractivity contribution >= 4 is 27.3 Å². The molecule has 2 aromatic rings. The monoisotopic (exact) mass is 371 g/mol. The lowest BCUT2D eigenvalue weighted by Crippen LogP contribution is -2.20. The summed E-state index contributed by atoms with van der Waals surface area (Å²) in [5.41, 5.74) is 6.80. The van der Waals surface area contributed by atoms with Crippen molar-refractivity contribution in [3.8, 4) is 11.5 Å². The van der Waals surface area contributed by atoms with E-state index in [1.807, 2.05) is 29.6 Å². The summed E-state index contributed by atoms with van der Waals surface area (Å²) in [6, 6.07) is 7.52. The fourth-order valence-corrected chi connectivity index (χ4v) is 3.89. The van der Waals surface area contributed by atoms with Crippen molar-refractivity contribution in [1.29, 1.82) is 0 Å². The Labute approximate surface area is 136 Å². The molecule has 1 aromatic carbocycles. The molecule has 114 valence electrons. The van der Waals surface area contributed by atoms with E-state index in [4.69, 9.17) is 15.2 Å². The zero-order valence-electron chi connectivity index (χ0n) is 11.9. The van der Waals surface area contributed by atoms with E-state index in [1.54, 1.807) is 14.2 Å². The highest BCUT2D eigenvalue weighted by Gasteiger charge is 2.25. The standard InChI is InChI=1S/C15H18BrNO3S/c1-19-12-4-3-9(7-13(12)20-2)10(8-17)14(18)15-11(16)5-6-21-15/h3-7,10,14,18H,8,17H2,1-2H3. The van der Waals surface area contributed by atoms with E-state index < -0.39 is 6.10 Å². The van der Waals surface area contributed by atoms with E-state index >= 15 is 0 Å². The number of benzene rings is 1. The molecule has 0 radical (unpaired) electrons. The van der Waals surface area contributed by atoms with Gasteiger partial charge in [0, 0.05) is 21.8 Å². The minimum Gasteiger partial charge on any atom is -0.493 e. The molecule has 0 aliphatic carbocycles. The van der Waals surface area contributed by atoms with Gasteiger partial charge in [0.2, 0.25) is 0 Å². The van der Waals surface area contributed by atoms with Gasteiger partial charge in [-0.25, -0.2) is 0 Å². The second kappa shape index (κ2) is 7.26. The van der Waals surface area contributed by atoms with Gasteiger partial charge in [0.25, 0.3) is 0 Å². The van der Waals surface area contributed by atoms with Crippen LogP contribution in [0.5, 0.6) is 11.5 Å². The molecular formula is C15H18BrNO3S. The van der Waals surface area contributed by atoms with E-state index in [-0.39, 0.29) is 5.92 Å². The van der Waals surface area contributed by atoms with Crippen LogP contribution in [0.4, 0.5) is 0 Å². The highest BCUT2D eigenvalue weighted by molar-refractivity contribution is 9.10. The van der Waals surface area contributed by atoms with Gasteiger partial charge in [0.05, 0.1) is 20.3 Å². The van der Waals surface area contributed by atoms with Crippen LogP contribution in [-0.2, 0) is 0 Å². The summed E-state index contributed by atoms with van der Waals surface area (Å²) < 4.78 is 11.4. The molecule has 6 heteroatoms. The second-order valence-electron chi connectivity index (χ2n) is 4.53. The third-order valence-corrected chi connectivity index (χ3v) is 5.33. The van der Waals surface area contributed by atoms with Gasteiger partial charge in [0.15, 0.2) is 11.5 Å². The summed E-state index contributed by atoms with van der Waals surface area (Å²) in [4.78, 5) is 0.875. The first-order chi connectivity index (χ1) is 10.1. The largest absolute Gasteiger partial charge is 0.493 e. The topological polar surface area (TPSA) is 64.7 Å². The van der Waals surface area contributed by atoms with Crippen molar-refractivity contribution in [2.24, 2.45) is 5.73 Å². The average molecular weight is 372 g/mol. The summed E-state index contributed by atoms with van der Waals surface area (Å²) >= 11 is 4.96. The molecule has 3 N–H and O–H groups in total. The smallest absolute Gasteiger partial charge is 0.160 e. The minimum atomic E-state index is -0.664. The van der Waals surface area contributed by atoms with Crippen molar-refractivity contribution < 1.29 is 14.6 Å². The van der Waals surface area contributed by atoms with Crippen molar-refractivity contribution in [1.82, 2.24) is 0 Å². The van der Waals surface area contributed by atoms with Gasteiger partial charge in [0.1, 0.15) is 0 Å². The fraction of sp³-hybridized carbons (Fsp3) is 0.333. The lowest BCUT2D eigenvalue weighted by atomic mass is 9.92. The first-order valence-corrected chi connectivity index (χ1v) is 8.12. The zero-order valence-corrected chi connectivity index (χ0v) is 14.3. The normalized spacial score (nSPS) is 13.8. The lowest BCUT2D eigenvalue weighted by molar-refractivity contribution is 0.150. The molecule has 0 amide bonds. The van der Waals surface area contributed by atoms with Crippen LogP contribution in [0.25, 0.3) is 0 Å². The Morgan fingerprint density at radius 3 is 2.48 bits per heavy atom. The maximum Gasteiger partial charge on any atom is 0.160 e. The first kappa shape index (κ1) is 16.3. The molecule has 0 saturated heterocycles. The van der Waals surface area contributed by atoms with Crippen LogP contribution in [0.2, 0.25) is 0 Å². The fourth-order valence-electron chi connectivity index (χ4n) is 2.23. The lowest BCUT2D eigenvalue weighted by Gasteiger charge is -2.22. The molecule has 2 rings (SSSR count). The Hall–Kier alpha value is -1.08. The number of hydrogen-bond donors (Lipinski definition) is 2. The first-order valence-electron chi connectivity index (χ1n) is 6.45. The number of aliphatic hydroxyl groups excluding tert-OH is 1. The molecule has 21 heavy (non-hydrogen) atoms. The summed E-state index contributed by atoms with van der Waals surface area (Å²) in [7, 11) is 3.18. The van der Waals surface area contributed by atoms with Crippen LogP contribution in [0, 0.1) is 0 Å². The van der Waals surface area contributed by atoms with Crippen LogP contribution in [0.1, 0.15) is 22.5 Å². The Morgan fingerprint density at radius 2 is 1.95 bits per heavy atom. The molecular weight excluding hydrogens is 354 g/mol. The maximum atomic E-state index is 10.6. The van der Waals surface area contributed by atoms with Crippen molar-refractivity contribution in [3.63, 3.8) is 0 Å². The van der Waals surface area contributed by atoms with Gasteiger partial charge < -0.3 is 20.3 Å². The molecule has 0 fully saturated rings. The van der Waals surface area contributed by atoms with Gasteiger partial charge in [-0.05, 0) is 45.1 Å². The Bertz CT molecular complexity index is 602. The number of thiophene rings is 1. The van der Waals surface area contributed by atoms with Gasteiger partial charge in [-0.3, -0.25) is 0 Å². The molecule has 1 aromatic heterocycles. The number of nitrogens with two attached hydrogens (primary N) is 1. The summed E-state index contributed by atoms with van der Waals surface area (Å²) in [6.45, 7) is 0.334. The molecule has 0 aliphatic rings. The molecule has 0 spiro atoms. The number of aliphatic hydroxyl groups is 1. The average Bonchev–Trinajstić information content (AvgIpc) is 2.93. The summed E-state index contributed by atoms with van der Waals surface area (Å²) in [6.07, 6.45) is -0.664. The number of rotatable bonds is 6. The third-order valence-electron chi connectivity index (χ3n) is 3.38. The van der Waals surface area contributed by atoms with Gasteiger partial charge in [-0.1, -0.05) is 6.07 Å². The van der Waals surface area contributed by atoms with Gasteiger partial charge in [-0.15, -0.1) is 11.3 Å². The van der Waals surface area contributed by atoms with E-state index in [1.165, 1.54) is 11.3 Å².